The van der Waals surface area contributed by atoms with E-state index in [4.69, 9.17) is 9.47 Å². The summed E-state index contributed by atoms with van der Waals surface area (Å²) in [7, 11) is 0. The number of benzene rings is 1. The molecule has 24 heavy (non-hydrogen) atoms. The molecule has 1 aromatic rings. The van der Waals surface area contributed by atoms with Crippen LogP contribution in [0.5, 0.6) is 0 Å². The molecular weight excluding hydrogens is 310 g/mol. The van der Waals surface area contributed by atoms with E-state index in [-0.39, 0.29) is 13.2 Å². The molecule has 1 aliphatic heterocycles. The van der Waals surface area contributed by atoms with Crippen molar-refractivity contribution in [1.82, 2.24) is 4.90 Å². The minimum absolute atomic E-state index is 0.0180. The van der Waals surface area contributed by atoms with E-state index in [1.165, 1.54) is 4.90 Å². The highest BCUT2D eigenvalue weighted by atomic mass is 16.6. The fourth-order valence-electron chi connectivity index (χ4n) is 3.52. The van der Waals surface area contributed by atoms with Gasteiger partial charge in [-0.25, -0.2) is 9.59 Å². The Morgan fingerprint density at radius 2 is 1.96 bits per heavy atom. The summed E-state index contributed by atoms with van der Waals surface area (Å²) in [4.78, 5) is 25.5. The molecule has 1 spiro atoms. The van der Waals surface area contributed by atoms with Crippen molar-refractivity contribution in [2.45, 2.75) is 51.0 Å². The second-order valence-corrected chi connectivity index (χ2v) is 6.70. The van der Waals surface area contributed by atoms with E-state index in [0.29, 0.717) is 18.8 Å². The van der Waals surface area contributed by atoms with Crippen LogP contribution in [0.15, 0.2) is 30.3 Å². The van der Waals surface area contributed by atoms with E-state index in [0.717, 1.165) is 18.4 Å². The molecule has 0 bridgehead atoms. The maximum absolute atomic E-state index is 12.6. The molecule has 1 N–H and O–H groups in total. The maximum Gasteiger partial charge on any atom is 0.413 e. The lowest BCUT2D eigenvalue weighted by atomic mass is 9.84. The first-order valence-corrected chi connectivity index (χ1v) is 8.38. The SMILES string of the molecule is CC1CCC2(CC1)OCC(C(=O)O)N2C(=O)OCc1ccccc1. The number of carboxylic acids is 1. The second-order valence-electron chi connectivity index (χ2n) is 6.70. The third-order valence-corrected chi connectivity index (χ3v) is 5.00. The van der Waals surface area contributed by atoms with Gasteiger partial charge in [-0.05, 0) is 37.2 Å². The number of hydrogen-bond acceptors (Lipinski definition) is 4. The van der Waals surface area contributed by atoms with E-state index >= 15 is 0 Å². The highest BCUT2D eigenvalue weighted by molar-refractivity contribution is 5.81. The molecule has 1 heterocycles. The first-order chi connectivity index (χ1) is 11.5. The van der Waals surface area contributed by atoms with Gasteiger partial charge in [0.25, 0.3) is 0 Å². The van der Waals surface area contributed by atoms with Crippen molar-refractivity contribution in [2.75, 3.05) is 6.61 Å². The zero-order valence-corrected chi connectivity index (χ0v) is 13.8. The quantitative estimate of drug-likeness (QED) is 0.920. The number of carboxylic acid groups (broad SMARTS) is 1. The fourth-order valence-corrected chi connectivity index (χ4v) is 3.52. The Hall–Kier alpha value is -2.08. The second kappa shape index (κ2) is 6.81. The number of amides is 1. The predicted octanol–water partition coefficient (Wildman–Crippen LogP) is 3.02. The van der Waals surface area contributed by atoms with Gasteiger partial charge in [-0.3, -0.25) is 4.90 Å². The molecule has 1 saturated carbocycles. The Morgan fingerprint density at radius 1 is 1.29 bits per heavy atom. The molecule has 0 radical (unpaired) electrons. The van der Waals surface area contributed by atoms with Gasteiger partial charge in [0.05, 0.1) is 6.61 Å². The van der Waals surface area contributed by atoms with Crippen molar-refractivity contribution in [3.8, 4) is 0 Å². The van der Waals surface area contributed by atoms with Crippen molar-refractivity contribution in [1.29, 1.82) is 0 Å². The lowest BCUT2D eigenvalue weighted by Crippen LogP contribution is -2.55. The molecule has 1 saturated heterocycles. The summed E-state index contributed by atoms with van der Waals surface area (Å²) >= 11 is 0. The van der Waals surface area contributed by atoms with Gasteiger partial charge in [0.15, 0.2) is 6.04 Å². The zero-order chi connectivity index (χ0) is 17.2. The van der Waals surface area contributed by atoms with E-state index in [9.17, 15) is 14.7 Å². The molecule has 1 aliphatic carbocycles. The van der Waals surface area contributed by atoms with Crippen molar-refractivity contribution in [3.05, 3.63) is 35.9 Å². The molecule has 1 atom stereocenters. The van der Waals surface area contributed by atoms with E-state index in [1.54, 1.807) is 0 Å². The van der Waals surface area contributed by atoms with Crippen molar-refractivity contribution >= 4 is 12.1 Å². The Kier molecular flexibility index (Phi) is 4.76. The standard InChI is InChI=1S/C18H23NO5/c1-13-7-9-18(10-8-13)19(15(12-24-18)16(20)21)17(22)23-11-14-5-3-2-4-6-14/h2-6,13,15H,7-12H2,1H3,(H,20,21). The van der Waals surface area contributed by atoms with Gasteiger partial charge < -0.3 is 14.6 Å². The zero-order valence-electron chi connectivity index (χ0n) is 13.8. The molecule has 1 amide bonds. The lowest BCUT2D eigenvalue weighted by molar-refractivity contribution is -0.144. The Morgan fingerprint density at radius 3 is 2.58 bits per heavy atom. The summed E-state index contributed by atoms with van der Waals surface area (Å²) in [5, 5.41) is 9.45. The number of hydrogen-bond donors (Lipinski definition) is 1. The van der Waals surface area contributed by atoms with Gasteiger partial charge in [-0.15, -0.1) is 0 Å². The summed E-state index contributed by atoms with van der Waals surface area (Å²) in [6, 6.07) is 8.36. The molecule has 6 heteroatoms. The number of aliphatic carboxylic acids is 1. The molecule has 1 aromatic carbocycles. The first-order valence-electron chi connectivity index (χ1n) is 8.38. The minimum atomic E-state index is -1.05. The van der Waals surface area contributed by atoms with Crippen LogP contribution < -0.4 is 0 Å². The highest BCUT2D eigenvalue weighted by Crippen LogP contribution is 2.42. The maximum atomic E-state index is 12.6. The summed E-state index contributed by atoms with van der Waals surface area (Å²) in [6.07, 6.45) is 2.51. The van der Waals surface area contributed by atoms with Gasteiger partial charge in [-0.1, -0.05) is 37.3 Å². The summed E-state index contributed by atoms with van der Waals surface area (Å²) in [6.45, 7) is 2.30. The molecule has 130 valence electrons. The number of rotatable bonds is 3. The highest BCUT2D eigenvalue weighted by Gasteiger charge is 2.54. The monoisotopic (exact) mass is 333 g/mol. The van der Waals surface area contributed by atoms with Crippen LogP contribution in [0.4, 0.5) is 4.79 Å². The molecule has 3 rings (SSSR count). The Labute approximate surface area is 141 Å². The molecule has 2 aliphatic rings. The van der Waals surface area contributed by atoms with Crippen LogP contribution in [0.25, 0.3) is 0 Å². The van der Waals surface area contributed by atoms with E-state index in [2.05, 4.69) is 6.92 Å². The van der Waals surface area contributed by atoms with Crippen LogP contribution in [0.3, 0.4) is 0 Å². The Bertz CT molecular complexity index is 595. The summed E-state index contributed by atoms with van der Waals surface area (Å²) < 4.78 is 11.2. The normalized spacial score (nSPS) is 29.6. The summed E-state index contributed by atoms with van der Waals surface area (Å²) in [5.41, 5.74) is 0.0349. The molecule has 2 fully saturated rings. The van der Waals surface area contributed by atoms with Crippen molar-refractivity contribution in [3.63, 3.8) is 0 Å². The number of ether oxygens (including phenoxy) is 2. The van der Waals surface area contributed by atoms with Gasteiger partial charge in [0, 0.05) is 0 Å². The van der Waals surface area contributed by atoms with Gasteiger partial charge in [0.2, 0.25) is 0 Å². The largest absolute Gasteiger partial charge is 0.480 e. The smallest absolute Gasteiger partial charge is 0.413 e. The lowest BCUT2D eigenvalue weighted by Gasteiger charge is -2.41. The van der Waals surface area contributed by atoms with Crippen molar-refractivity contribution in [2.24, 2.45) is 5.92 Å². The molecular formula is C18H23NO5. The number of nitrogens with zero attached hydrogens (tertiary/aromatic N) is 1. The first kappa shape index (κ1) is 16.8. The van der Waals surface area contributed by atoms with E-state index in [1.807, 2.05) is 30.3 Å². The molecule has 0 aromatic heterocycles. The average Bonchev–Trinajstić information content (AvgIpc) is 2.96. The number of carbonyl (C=O) groups is 2. The van der Waals surface area contributed by atoms with E-state index < -0.39 is 23.8 Å². The average molecular weight is 333 g/mol. The topological polar surface area (TPSA) is 76.1 Å². The van der Waals surface area contributed by atoms with Crippen molar-refractivity contribution < 1.29 is 24.2 Å². The van der Waals surface area contributed by atoms with Gasteiger partial charge in [0.1, 0.15) is 12.3 Å². The van der Waals surface area contributed by atoms with Crippen LogP contribution in [0.2, 0.25) is 0 Å². The van der Waals surface area contributed by atoms with Crippen LogP contribution in [0, 0.1) is 5.92 Å². The van der Waals surface area contributed by atoms with Crippen LogP contribution >= 0.6 is 0 Å². The fraction of sp³-hybridized carbons (Fsp3) is 0.556. The minimum Gasteiger partial charge on any atom is -0.480 e. The van der Waals surface area contributed by atoms with Crippen LogP contribution in [0.1, 0.15) is 38.2 Å². The predicted molar refractivity (Wildman–Crippen MR) is 86.2 cm³/mol. The number of carbonyl (C=O) groups excluding carboxylic acids is 1. The third-order valence-electron chi connectivity index (χ3n) is 5.00. The van der Waals surface area contributed by atoms with Crippen LogP contribution in [-0.4, -0.2) is 40.4 Å². The van der Waals surface area contributed by atoms with Crippen LogP contribution in [-0.2, 0) is 20.9 Å². The molecule has 6 nitrogen and oxygen atoms in total. The Balaban J connectivity index is 1.74. The van der Waals surface area contributed by atoms with Gasteiger partial charge >= 0.3 is 12.1 Å². The third kappa shape index (κ3) is 3.24. The summed E-state index contributed by atoms with van der Waals surface area (Å²) in [5.74, 6) is -0.493. The van der Waals surface area contributed by atoms with Gasteiger partial charge in [-0.2, -0.15) is 0 Å². The molecule has 1 unspecified atom stereocenters.